The highest BCUT2D eigenvalue weighted by molar-refractivity contribution is 7.89. The molecule has 1 saturated carbocycles. The van der Waals surface area contributed by atoms with E-state index in [0.717, 1.165) is 18.6 Å². The molecule has 2 N–H and O–H groups in total. The molecule has 2 heterocycles. The third-order valence-electron chi connectivity index (χ3n) is 3.47. The van der Waals surface area contributed by atoms with Gasteiger partial charge in [0.2, 0.25) is 10.0 Å². The molecule has 114 valence electrons. The lowest BCUT2D eigenvalue weighted by atomic mass is 10.4. The Morgan fingerprint density at radius 3 is 2.67 bits per heavy atom. The van der Waals surface area contributed by atoms with Crippen LogP contribution in [0.25, 0.3) is 0 Å². The first-order chi connectivity index (χ1) is 9.88. The third-order valence-corrected chi connectivity index (χ3v) is 5.39. The Bertz CT molecular complexity index is 758. The average Bonchev–Trinajstić information content (AvgIpc) is 3.06. The highest BCUT2D eigenvalue weighted by Gasteiger charge is 2.40. The van der Waals surface area contributed by atoms with Crippen molar-refractivity contribution in [3.63, 3.8) is 0 Å². The smallest absolute Gasteiger partial charge is 0.249 e. The second kappa shape index (κ2) is 4.88. The molecule has 0 amide bonds. The minimum absolute atomic E-state index is 0.0139. The Hall–Kier alpha value is -1.80. The van der Waals surface area contributed by atoms with Crippen LogP contribution in [0.15, 0.2) is 27.6 Å². The number of sulfonamides is 1. The average molecular weight is 310 g/mol. The molecular formula is C13H18N4O3S. The molecule has 0 unspecified atom stereocenters. The zero-order chi connectivity index (χ0) is 15.2. The lowest BCUT2D eigenvalue weighted by Gasteiger charge is -2.20. The molecule has 8 heteroatoms. The Morgan fingerprint density at radius 1 is 1.48 bits per heavy atom. The quantitative estimate of drug-likeness (QED) is 0.897. The van der Waals surface area contributed by atoms with Crippen molar-refractivity contribution in [3.8, 4) is 0 Å². The van der Waals surface area contributed by atoms with E-state index in [9.17, 15) is 8.42 Å². The second-order valence-electron chi connectivity index (χ2n) is 5.35. The maximum absolute atomic E-state index is 12.8. The lowest BCUT2D eigenvalue weighted by Crippen LogP contribution is -2.32. The topological polar surface area (TPSA) is 94.4 Å². The molecule has 1 aliphatic rings. The van der Waals surface area contributed by atoms with Gasteiger partial charge in [-0.15, -0.1) is 0 Å². The normalized spacial score (nSPS) is 15.8. The molecular weight excluding hydrogens is 292 g/mol. The van der Waals surface area contributed by atoms with E-state index >= 15 is 0 Å². The number of aryl methyl sites for hydroxylation is 2. The van der Waals surface area contributed by atoms with Gasteiger partial charge in [-0.05, 0) is 31.9 Å². The van der Waals surface area contributed by atoms with Gasteiger partial charge >= 0.3 is 0 Å². The number of aromatic nitrogens is 2. The van der Waals surface area contributed by atoms with E-state index in [1.54, 1.807) is 13.1 Å². The van der Waals surface area contributed by atoms with Crippen molar-refractivity contribution >= 4 is 15.8 Å². The first-order valence-corrected chi connectivity index (χ1v) is 8.18. The Morgan fingerprint density at radius 2 is 2.19 bits per heavy atom. The zero-order valence-corrected chi connectivity index (χ0v) is 12.8. The van der Waals surface area contributed by atoms with E-state index in [1.165, 1.54) is 15.2 Å². The maximum atomic E-state index is 12.8. The third kappa shape index (κ3) is 2.68. The van der Waals surface area contributed by atoms with Crippen molar-refractivity contribution in [3.05, 3.63) is 29.9 Å². The minimum Gasteiger partial charge on any atom is -0.465 e. The molecule has 7 nitrogen and oxygen atoms in total. The van der Waals surface area contributed by atoms with Gasteiger partial charge in [0.15, 0.2) is 5.82 Å². The molecule has 0 spiro atoms. The monoisotopic (exact) mass is 310 g/mol. The van der Waals surface area contributed by atoms with Gasteiger partial charge in [0, 0.05) is 19.3 Å². The summed E-state index contributed by atoms with van der Waals surface area (Å²) in [6.45, 7) is 2.05. The highest BCUT2D eigenvalue weighted by atomic mass is 32.2. The number of rotatable bonds is 5. The fourth-order valence-corrected chi connectivity index (χ4v) is 4.05. The summed E-state index contributed by atoms with van der Waals surface area (Å²) in [7, 11) is -2.03. The summed E-state index contributed by atoms with van der Waals surface area (Å²) in [5, 5.41) is 3.92. The standard InChI is InChI=1S/C13H18N4O3S/c1-9-3-6-11(20-9)7-17(10-4-5-10)21(18,19)12-8-16(2)15-13(12)14/h3,6,8,10H,4-5,7H2,1-2H3,(H2,14,15). The van der Waals surface area contributed by atoms with Crippen LogP contribution >= 0.6 is 0 Å². The molecule has 2 aromatic rings. The Labute approximate surface area is 123 Å². The molecule has 2 aromatic heterocycles. The van der Waals surface area contributed by atoms with E-state index in [1.807, 2.05) is 13.0 Å². The molecule has 1 fully saturated rings. The molecule has 1 aliphatic carbocycles. The number of nitrogens with two attached hydrogens (primary N) is 1. The molecule has 0 aliphatic heterocycles. The summed E-state index contributed by atoms with van der Waals surface area (Å²) in [5.74, 6) is 1.42. The Kier molecular flexibility index (Phi) is 3.29. The van der Waals surface area contributed by atoms with Crippen molar-refractivity contribution in [1.29, 1.82) is 0 Å². The van der Waals surface area contributed by atoms with E-state index in [4.69, 9.17) is 10.2 Å². The predicted molar refractivity (Wildman–Crippen MR) is 76.8 cm³/mol. The van der Waals surface area contributed by atoms with Gasteiger partial charge in [0.1, 0.15) is 16.4 Å². The van der Waals surface area contributed by atoms with Crippen LogP contribution in [0.3, 0.4) is 0 Å². The van der Waals surface area contributed by atoms with Gasteiger partial charge < -0.3 is 10.2 Å². The largest absolute Gasteiger partial charge is 0.465 e. The molecule has 3 rings (SSSR count). The van der Waals surface area contributed by atoms with Crippen molar-refractivity contribution in [2.75, 3.05) is 5.73 Å². The maximum Gasteiger partial charge on any atom is 0.249 e. The van der Waals surface area contributed by atoms with Crippen LogP contribution in [0.4, 0.5) is 5.82 Å². The van der Waals surface area contributed by atoms with Gasteiger partial charge in [-0.25, -0.2) is 8.42 Å². The summed E-state index contributed by atoms with van der Waals surface area (Å²) in [4.78, 5) is 0.0557. The van der Waals surface area contributed by atoms with Crippen LogP contribution in [0.1, 0.15) is 24.4 Å². The number of hydrogen-bond donors (Lipinski definition) is 1. The van der Waals surface area contributed by atoms with E-state index in [-0.39, 0.29) is 23.3 Å². The number of anilines is 1. The van der Waals surface area contributed by atoms with Gasteiger partial charge in [-0.2, -0.15) is 9.40 Å². The minimum atomic E-state index is -3.67. The summed E-state index contributed by atoms with van der Waals surface area (Å²) >= 11 is 0. The fourth-order valence-electron chi connectivity index (χ4n) is 2.31. The summed E-state index contributed by atoms with van der Waals surface area (Å²) in [6.07, 6.45) is 3.16. The van der Waals surface area contributed by atoms with Crippen LogP contribution in [0, 0.1) is 6.92 Å². The second-order valence-corrected chi connectivity index (χ2v) is 7.21. The van der Waals surface area contributed by atoms with Crippen molar-refractivity contribution in [2.45, 2.75) is 37.2 Å². The summed E-state index contributed by atoms with van der Waals surface area (Å²) in [5.41, 5.74) is 5.72. The number of hydrogen-bond acceptors (Lipinski definition) is 5. The lowest BCUT2D eigenvalue weighted by molar-refractivity contribution is 0.352. The molecule has 0 atom stereocenters. The molecule has 0 bridgehead atoms. The Balaban J connectivity index is 1.95. The van der Waals surface area contributed by atoms with E-state index in [0.29, 0.717) is 5.76 Å². The van der Waals surface area contributed by atoms with Gasteiger partial charge in [-0.1, -0.05) is 0 Å². The summed E-state index contributed by atoms with van der Waals surface area (Å²) < 4.78 is 34.0. The number of nitrogen functional groups attached to an aromatic ring is 1. The molecule has 0 saturated heterocycles. The summed E-state index contributed by atoms with van der Waals surface area (Å²) in [6, 6.07) is 3.64. The molecule has 21 heavy (non-hydrogen) atoms. The number of nitrogens with zero attached hydrogens (tertiary/aromatic N) is 3. The molecule has 0 aromatic carbocycles. The van der Waals surface area contributed by atoms with Crippen LogP contribution in [0.2, 0.25) is 0 Å². The van der Waals surface area contributed by atoms with Crippen LogP contribution < -0.4 is 5.73 Å². The first kappa shape index (κ1) is 14.2. The van der Waals surface area contributed by atoms with Gasteiger partial charge in [0.05, 0.1) is 6.54 Å². The fraction of sp³-hybridized carbons (Fsp3) is 0.462. The van der Waals surface area contributed by atoms with Crippen LogP contribution in [-0.4, -0.2) is 28.5 Å². The molecule has 0 radical (unpaired) electrons. The van der Waals surface area contributed by atoms with Crippen LogP contribution in [-0.2, 0) is 23.6 Å². The van der Waals surface area contributed by atoms with Crippen molar-refractivity contribution in [2.24, 2.45) is 7.05 Å². The predicted octanol–water partition coefficient (Wildman–Crippen LogP) is 1.26. The number of furan rings is 1. The highest BCUT2D eigenvalue weighted by Crippen LogP contribution is 2.34. The van der Waals surface area contributed by atoms with Crippen LogP contribution in [0.5, 0.6) is 0 Å². The SMILES string of the molecule is Cc1ccc(CN(C2CC2)S(=O)(=O)c2cn(C)nc2N)o1. The van der Waals surface area contributed by atoms with Gasteiger partial charge in [0.25, 0.3) is 0 Å². The van der Waals surface area contributed by atoms with Crippen molar-refractivity contribution < 1.29 is 12.8 Å². The van der Waals surface area contributed by atoms with E-state index < -0.39 is 10.0 Å². The van der Waals surface area contributed by atoms with Gasteiger partial charge in [-0.3, -0.25) is 4.68 Å². The van der Waals surface area contributed by atoms with E-state index in [2.05, 4.69) is 5.10 Å². The first-order valence-electron chi connectivity index (χ1n) is 6.74. The van der Waals surface area contributed by atoms with Crippen molar-refractivity contribution in [1.82, 2.24) is 14.1 Å². The zero-order valence-electron chi connectivity index (χ0n) is 12.0.